The smallest absolute Gasteiger partial charge is 0.115 e. The number of hydrogen-bond donors (Lipinski definition) is 1. The Hall–Kier alpha value is -1.02. The lowest BCUT2D eigenvalue weighted by Gasteiger charge is -2.19. The molecule has 0 spiro atoms. The number of aromatic hydroxyl groups is 1. The summed E-state index contributed by atoms with van der Waals surface area (Å²) in [5, 5.41) is 9.22. The molecule has 1 aliphatic rings. The molecule has 0 saturated carbocycles. The van der Waals surface area contributed by atoms with E-state index >= 15 is 0 Å². The Balaban J connectivity index is 1.61. The summed E-state index contributed by atoms with van der Waals surface area (Å²) in [6.07, 6.45) is 9.29. The molecule has 100 valence electrons. The van der Waals surface area contributed by atoms with Crippen molar-refractivity contribution >= 4 is 0 Å². The Morgan fingerprint density at radius 3 is 2.22 bits per heavy atom. The zero-order valence-corrected chi connectivity index (χ0v) is 11.3. The van der Waals surface area contributed by atoms with Crippen molar-refractivity contribution in [2.24, 2.45) is 0 Å². The quantitative estimate of drug-likeness (QED) is 0.804. The average molecular weight is 247 g/mol. The third-order valence-electron chi connectivity index (χ3n) is 3.82. The minimum atomic E-state index is 0.364. The Kier molecular flexibility index (Phi) is 5.53. The van der Waals surface area contributed by atoms with Gasteiger partial charge in [0.25, 0.3) is 0 Å². The highest BCUT2D eigenvalue weighted by Gasteiger charge is 2.07. The first-order valence-corrected chi connectivity index (χ1v) is 7.35. The molecule has 1 aromatic carbocycles. The Morgan fingerprint density at radius 1 is 0.889 bits per heavy atom. The van der Waals surface area contributed by atoms with Gasteiger partial charge in [-0.1, -0.05) is 25.0 Å². The molecule has 1 aliphatic heterocycles. The molecule has 1 heterocycles. The molecule has 0 bridgehead atoms. The molecule has 1 fully saturated rings. The van der Waals surface area contributed by atoms with E-state index in [-0.39, 0.29) is 0 Å². The van der Waals surface area contributed by atoms with E-state index in [0.29, 0.717) is 5.75 Å². The van der Waals surface area contributed by atoms with Crippen LogP contribution in [0.5, 0.6) is 5.75 Å². The molecule has 2 nitrogen and oxygen atoms in total. The van der Waals surface area contributed by atoms with Crippen LogP contribution in [0, 0.1) is 0 Å². The zero-order valence-electron chi connectivity index (χ0n) is 11.3. The number of likely N-dealkylation sites (tertiary alicyclic amines) is 1. The van der Waals surface area contributed by atoms with E-state index in [9.17, 15) is 5.11 Å². The highest BCUT2D eigenvalue weighted by atomic mass is 16.3. The van der Waals surface area contributed by atoms with Crippen molar-refractivity contribution in [2.45, 2.75) is 44.9 Å². The molecule has 1 N–H and O–H groups in total. The second kappa shape index (κ2) is 7.42. The third kappa shape index (κ3) is 4.69. The summed E-state index contributed by atoms with van der Waals surface area (Å²) >= 11 is 0. The molecule has 0 amide bonds. The number of benzene rings is 1. The SMILES string of the molecule is Oc1ccc(CCCCN2CCCCCC2)cc1. The van der Waals surface area contributed by atoms with E-state index in [0.717, 1.165) is 6.42 Å². The van der Waals surface area contributed by atoms with Gasteiger partial charge in [-0.15, -0.1) is 0 Å². The summed E-state index contributed by atoms with van der Waals surface area (Å²) in [5.41, 5.74) is 1.34. The number of aryl methyl sites for hydroxylation is 1. The van der Waals surface area contributed by atoms with Crippen LogP contribution < -0.4 is 0 Å². The maximum Gasteiger partial charge on any atom is 0.115 e. The maximum atomic E-state index is 9.22. The fourth-order valence-electron chi connectivity index (χ4n) is 2.69. The summed E-state index contributed by atoms with van der Waals surface area (Å²) in [6.45, 7) is 3.87. The fourth-order valence-corrected chi connectivity index (χ4v) is 2.69. The van der Waals surface area contributed by atoms with Gasteiger partial charge in [0.1, 0.15) is 5.75 Å². The number of rotatable bonds is 5. The maximum absolute atomic E-state index is 9.22. The minimum Gasteiger partial charge on any atom is -0.508 e. The normalized spacial score (nSPS) is 17.6. The van der Waals surface area contributed by atoms with Gasteiger partial charge in [0, 0.05) is 0 Å². The average Bonchev–Trinajstić information content (AvgIpc) is 2.65. The van der Waals surface area contributed by atoms with Gasteiger partial charge in [-0.2, -0.15) is 0 Å². The lowest BCUT2D eigenvalue weighted by molar-refractivity contribution is 0.279. The van der Waals surface area contributed by atoms with Gasteiger partial charge >= 0.3 is 0 Å². The lowest BCUT2D eigenvalue weighted by atomic mass is 10.1. The van der Waals surface area contributed by atoms with Crippen LogP contribution in [0.25, 0.3) is 0 Å². The van der Waals surface area contributed by atoms with Crippen molar-refractivity contribution in [1.29, 1.82) is 0 Å². The molecule has 2 heteroatoms. The van der Waals surface area contributed by atoms with Crippen LogP contribution in [0.2, 0.25) is 0 Å². The first-order chi connectivity index (χ1) is 8.84. The van der Waals surface area contributed by atoms with Crippen LogP contribution in [-0.2, 0) is 6.42 Å². The van der Waals surface area contributed by atoms with Gasteiger partial charge in [0.05, 0.1) is 0 Å². The summed E-state index contributed by atoms with van der Waals surface area (Å²) in [5.74, 6) is 0.364. The van der Waals surface area contributed by atoms with E-state index in [2.05, 4.69) is 4.90 Å². The summed E-state index contributed by atoms with van der Waals surface area (Å²) in [6, 6.07) is 7.62. The number of unbranched alkanes of at least 4 members (excludes halogenated alkanes) is 1. The number of phenolic OH excluding ortho intramolecular Hbond substituents is 1. The van der Waals surface area contributed by atoms with Crippen molar-refractivity contribution < 1.29 is 5.11 Å². The Morgan fingerprint density at radius 2 is 1.56 bits per heavy atom. The molecular weight excluding hydrogens is 222 g/mol. The predicted octanol–water partition coefficient (Wildman–Crippen LogP) is 3.59. The van der Waals surface area contributed by atoms with E-state index in [1.54, 1.807) is 12.1 Å². The minimum absolute atomic E-state index is 0.364. The highest BCUT2D eigenvalue weighted by Crippen LogP contribution is 2.13. The van der Waals surface area contributed by atoms with Crippen molar-refractivity contribution in [3.8, 4) is 5.75 Å². The van der Waals surface area contributed by atoms with Crippen LogP contribution in [0.1, 0.15) is 44.1 Å². The molecule has 1 saturated heterocycles. The first-order valence-electron chi connectivity index (χ1n) is 7.35. The lowest BCUT2D eigenvalue weighted by Crippen LogP contribution is -2.25. The van der Waals surface area contributed by atoms with Crippen molar-refractivity contribution in [1.82, 2.24) is 4.90 Å². The van der Waals surface area contributed by atoms with E-state index in [1.807, 2.05) is 12.1 Å². The topological polar surface area (TPSA) is 23.5 Å². The Bertz CT molecular complexity index is 325. The van der Waals surface area contributed by atoms with Crippen molar-refractivity contribution in [3.63, 3.8) is 0 Å². The summed E-state index contributed by atoms with van der Waals surface area (Å²) in [4.78, 5) is 2.63. The van der Waals surface area contributed by atoms with E-state index < -0.39 is 0 Å². The Labute approximate surface area is 111 Å². The van der Waals surface area contributed by atoms with Crippen molar-refractivity contribution in [2.75, 3.05) is 19.6 Å². The predicted molar refractivity (Wildman–Crippen MR) is 76.0 cm³/mol. The van der Waals surface area contributed by atoms with Crippen LogP contribution >= 0.6 is 0 Å². The number of nitrogens with zero attached hydrogens (tertiary/aromatic N) is 1. The summed E-state index contributed by atoms with van der Waals surface area (Å²) in [7, 11) is 0. The van der Waals surface area contributed by atoms with Gasteiger partial charge in [0.2, 0.25) is 0 Å². The number of hydrogen-bond acceptors (Lipinski definition) is 2. The van der Waals surface area contributed by atoms with Crippen LogP contribution in [0.15, 0.2) is 24.3 Å². The van der Waals surface area contributed by atoms with Gasteiger partial charge in [-0.3, -0.25) is 0 Å². The van der Waals surface area contributed by atoms with Crippen molar-refractivity contribution in [3.05, 3.63) is 29.8 Å². The van der Waals surface area contributed by atoms with E-state index in [1.165, 1.54) is 63.7 Å². The number of phenols is 1. The second-order valence-corrected chi connectivity index (χ2v) is 5.38. The molecule has 0 aromatic heterocycles. The molecule has 0 unspecified atom stereocenters. The largest absolute Gasteiger partial charge is 0.508 e. The molecule has 0 atom stereocenters. The first kappa shape index (κ1) is 13.4. The van der Waals surface area contributed by atoms with Crippen LogP contribution in [0.3, 0.4) is 0 Å². The molecule has 2 rings (SSSR count). The fraction of sp³-hybridized carbons (Fsp3) is 0.625. The molecule has 0 aliphatic carbocycles. The van der Waals surface area contributed by atoms with Crippen LogP contribution in [0.4, 0.5) is 0 Å². The summed E-state index contributed by atoms with van der Waals surface area (Å²) < 4.78 is 0. The third-order valence-corrected chi connectivity index (χ3v) is 3.82. The van der Waals surface area contributed by atoms with Gasteiger partial charge < -0.3 is 10.0 Å². The van der Waals surface area contributed by atoms with Gasteiger partial charge in [-0.05, 0) is 69.4 Å². The zero-order chi connectivity index (χ0) is 12.6. The molecule has 0 radical (unpaired) electrons. The molecule has 1 aromatic rings. The standard InChI is InChI=1S/C16H25NO/c18-16-10-8-15(9-11-16)7-3-6-14-17-12-4-1-2-5-13-17/h8-11,18H,1-7,12-14H2. The van der Waals surface area contributed by atoms with E-state index in [4.69, 9.17) is 0 Å². The highest BCUT2D eigenvalue weighted by molar-refractivity contribution is 5.25. The van der Waals surface area contributed by atoms with Crippen LogP contribution in [-0.4, -0.2) is 29.6 Å². The monoisotopic (exact) mass is 247 g/mol. The molecule has 18 heavy (non-hydrogen) atoms. The van der Waals surface area contributed by atoms with Gasteiger partial charge in [0.15, 0.2) is 0 Å². The second-order valence-electron chi connectivity index (χ2n) is 5.38. The molecular formula is C16H25NO. The van der Waals surface area contributed by atoms with Gasteiger partial charge in [-0.25, -0.2) is 0 Å².